The van der Waals surface area contributed by atoms with Crippen LogP contribution in [-0.4, -0.2) is 21.2 Å². The molecule has 3 aromatic rings. The number of rotatable bonds is 6. The van der Waals surface area contributed by atoms with Crippen molar-refractivity contribution in [2.24, 2.45) is 0 Å². The average molecular weight is 357 g/mol. The number of nitrogens with zero attached hydrogens (tertiary/aromatic N) is 1. The van der Waals surface area contributed by atoms with E-state index in [1.807, 2.05) is 54.6 Å². The molecular weight excluding hydrogens is 342 g/mol. The smallest absolute Gasteiger partial charge is 0.304 e. The van der Waals surface area contributed by atoms with Gasteiger partial charge in [-0.05, 0) is 24.1 Å². The van der Waals surface area contributed by atoms with E-state index < -0.39 is 16.5 Å². The zero-order chi connectivity index (χ0) is 17.2. The number of aromatic nitrogens is 1. The van der Waals surface area contributed by atoms with E-state index in [0.717, 1.165) is 15.8 Å². The Morgan fingerprint density at radius 3 is 2.38 bits per heavy atom. The van der Waals surface area contributed by atoms with E-state index in [2.05, 4.69) is 17.6 Å². The summed E-state index contributed by atoms with van der Waals surface area (Å²) in [6.45, 7) is 0. The van der Waals surface area contributed by atoms with Gasteiger partial charge < -0.3 is 5.11 Å². The Kier molecular flexibility index (Phi) is 4.69. The predicted octanol–water partition coefficient (Wildman–Crippen LogP) is 3.71. The number of carbonyl (C=O) groups excluding carboxylic acids is 1. The SMILES string of the molecule is O=C(O)CC(Cc1ccccc1)(C(=O)S)c1nc2ccccc2s1. The molecule has 1 aromatic heterocycles. The summed E-state index contributed by atoms with van der Waals surface area (Å²) >= 11 is 5.39. The van der Waals surface area contributed by atoms with E-state index in [1.54, 1.807) is 0 Å². The van der Waals surface area contributed by atoms with E-state index in [9.17, 15) is 14.7 Å². The first-order chi connectivity index (χ1) is 11.5. The molecule has 0 saturated heterocycles. The van der Waals surface area contributed by atoms with Crippen molar-refractivity contribution in [1.29, 1.82) is 0 Å². The number of benzene rings is 2. The maximum Gasteiger partial charge on any atom is 0.304 e. The molecule has 1 heterocycles. The summed E-state index contributed by atoms with van der Waals surface area (Å²) in [4.78, 5) is 28.5. The fraction of sp³-hybridized carbons (Fsp3) is 0.167. The van der Waals surface area contributed by atoms with Gasteiger partial charge in [0.05, 0.1) is 16.6 Å². The molecule has 1 atom stereocenters. The Hall–Kier alpha value is -2.18. The lowest BCUT2D eigenvalue weighted by atomic mass is 9.80. The van der Waals surface area contributed by atoms with Crippen molar-refractivity contribution in [2.75, 3.05) is 0 Å². The van der Waals surface area contributed by atoms with Crippen molar-refractivity contribution in [3.8, 4) is 0 Å². The second-order valence-corrected chi connectivity index (χ2v) is 7.04. The molecule has 0 aliphatic heterocycles. The molecule has 0 amide bonds. The van der Waals surface area contributed by atoms with Crippen LogP contribution in [0.25, 0.3) is 10.2 Å². The summed E-state index contributed by atoms with van der Waals surface area (Å²) in [5.74, 6) is -1.05. The topological polar surface area (TPSA) is 67.3 Å². The summed E-state index contributed by atoms with van der Waals surface area (Å²) in [6.07, 6.45) is -0.0909. The highest BCUT2D eigenvalue weighted by Gasteiger charge is 2.43. The van der Waals surface area contributed by atoms with Crippen molar-refractivity contribution in [2.45, 2.75) is 18.3 Å². The molecule has 1 unspecified atom stereocenters. The molecule has 4 nitrogen and oxygen atoms in total. The maximum absolute atomic E-state index is 12.5. The number of thiazole rings is 1. The summed E-state index contributed by atoms with van der Waals surface area (Å²) < 4.78 is 0.921. The van der Waals surface area contributed by atoms with Crippen molar-refractivity contribution in [3.05, 3.63) is 65.2 Å². The third kappa shape index (κ3) is 3.20. The number of carboxylic acid groups (broad SMARTS) is 1. The van der Waals surface area contributed by atoms with Gasteiger partial charge in [-0.3, -0.25) is 9.59 Å². The molecule has 24 heavy (non-hydrogen) atoms. The van der Waals surface area contributed by atoms with Crippen LogP contribution < -0.4 is 0 Å². The number of aliphatic carboxylic acids is 1. The summed E-state index contributed by atoms with van der Waals surface area (Å²) in [6, 6.07) is 16.9. The molecule has 2 aromatic carbocycles. The minimum Gasteiger partial charge on any atom is -0.481 e. The number of para-hydroxylation sites is 1. The minimum atomic E-state index is -1.28. The molecule has 0 aliphatic rings. The van der Waals surface area contributed by atoms with Crippen LogP contribution in [0.3, 0.4) is 0 Å². The summed E-state index contributed by atoms with van der Waals surface area (Å²) in [5.41, 5.74) is 0.357. The van der Waals surface area contributed by atoms with Crippen LogP contribution in [0, 0.1) is 0 Å². The molecule has 6 heteroatoms. The van der Waals surface area contributed by atoms with Gasteiger partial charge in [0.25, 0.3) is 0 Å². The molecule has 1 N–H and O–H groups in total. The standard InChI is InChI=1S/C18H15NO3S2/c20-15(21)11-18(17(22)23,10-12-6-2-1-3-7-12)16-19-13-8-4-5-9-14(13)24-16/h1-9H,10-11H2,(H,20,21)(H,22,23). The molecule has 0 radical (unpaired) electrons. The Bertz CT molecular complexity index is 858. The van der Waals surface area contributed by atoms with Gasteiger partial charge in [-0.15, -0.1) is 24.0 Å². The number of carboxylic acids is 1. The van der Waals surface area contributed by atoms with Crippen LogP contribution in [-0.2, 0) is 21.4 Å². The zero-order valence-corrected chi connectivity index (χ0v) is 14.4. The first-order valence-corrected chi connectivity index (χ1v) is 8.63. The van der Waals surface area contributed by atoms with Crippen LogP contribution in [0.15, 0.2) is 54.6 Å². The minimum absolute atomic E-state index is 0.252. The van der Waals surface area contributed by atoms with Crippen LogP contribution in [0.2, 0.25) is 0 Å². The van der Waals surface area contributed by atoms with E-state index in [0.29, 0.717) is 5.01 Å². The van der Waals surface area contributed by atoms with Crippen molar-refractivity contribution < 1.29 is 14.7 Å². The number of carbonyl (C=O) groups is 2. The average Bonchev–Trinajstić information content (AvgIpc) is 2.99. The van der Waals surface area contributed by atoms with Gasteiger partial charge in [0.2, 0.25) is 0 Å². The molecule has 0 fully saturated rings. The number of thiol groups is 1. The molecule has 0 saturated carbocycles. The van der Waals surface area contributed by atoms with Gasteiger partial charge >= 0.3 is 5.97 Å². The van der Waals surface area contributed by atoms with Gasteiger partial charge in [0.15, 0.2) is 5.12 Å². The highest BCUT2D eigenvalue weighted by atomic mass is 32.1. The Balaban J connectivity index is 2.15. The second-order valence-electron chi connectivity index (χ2n) is 5.61. The van der Waals surface area contributed by atoms with Gasteiger partial charge in [-0.25, -0.2) is 4.98 Å². The monoisotopic (exact) mass is 357 g/mol. The lowest BCUT2D eigenvalue weighted by Gasteiger charge is -2.27. The highest BCUT2D eigenvalue weighted by Crippen LogP contribution is 2.39. The molecular formula is C18H15NO3S2. The fourth-order valence-electron chi connectivity index (χ4n) is 2.74. The largest absolute Gasteiger partial charge is 0.481 e. The van der Waals surface area contributed by atoms with Crippen LogP contribution in [0.4, 0.5) is 0 Å². The van der Waals surface area contributed by atoms with E-state index in [4.69, 9.17) is 0 Å². The molecule has 0 bridgehead atoms. The Morgan fingerprint density at radius 2 is 1.75 bits per heavy atom. The van der Waals surface area contributed by atoms with E-state index in [1.165, 1.54) is 11.3 Å². The second kappa shape index (κ2) is 6.75. The molecule has 3 rings (SSSR count). The van der Waals surface area contributed by atoms with Gasteiger partial charge in [0.1, 0.15) is 10.4 Å². The summed E-state index contributed by atoms with van der Waals surface area (Å²) in [7, 11) is 0. The first-order valence-electron chi connectivity index (χ1n) is 7.36. The van der Waals surface area contributed by atoms with Crippen molar-refractivity contribution in [3.63, 3.8) is 0 Å². The van der Waals surface area contributed by atoms with Gasteiger partial charge in [-0.2, -0.15) is 0 Å². The van der Waals surface area contributed by atoms with Crippen molar-refractivity contribution in [1.82, 2.24) is 4.98 Å². The third-order valence-electron chi connectivity index (χ3n) is 3.91. The van der Waals surface area contributed by atoms with Gasteiger partial charge in [0, 0.05) is 0 Å². The van der Waals surface area contributed by atoms with Crippen LogP contribution >= 0.6 is 24.0 Å². The number of fused-ring (bicyclic) bond motifs is 1. The lowest BCUT2D eigenvalue weighted by Crippen LogP contribution is -2.38. The molecule has 0 spiro atoms. The van der Waals surface area contributed by atoms with E-state index in [-0.39, 0.29) is 12.8 Å². The number of hydrogen-bond acceptors (Lipinski definition) is 4. The predicted molar refractivity (Wildman–Crippen MR) is 97.7 cm³/mol. The van der Waals surface area contributed by atoms with Gasteiger partial charge in [-0.1, -0.05) is 42.5 Å². The lowest BCUT2D eigenvalue weighted by molar-refractivity contribution is -0.140. The quantitative estimate of drug-likeness (QED) is 0.660. The zero-order valence-electron chi connectivity index (χ0n) is 12.7. The highest BCUT2D eigenvalue weighted by molar-refractivity contribution is 7.96. The number of hydrogen-bond donors (Lipinski definition) is 2. The maximum atomic E-state index is 12.5. The third-order valence-corrected chi connectivity index (χ3v) is 5.58. The summed E-state index contributed by atoms with van der Waals surface area (Å²) in [5, 5.41) is 9.42. The Morgan fingerprint density at radius 1 is 1.08 bits per heavy atom. The fourth-order valence-corrected chi connectivity index (χ4v) is 4.23. The molecule has 122 valence electrons. The Labute approximate surface area is 148 Å². The van der Waals surface area contributed by atoms with Crippen LogP contribution in [0.1, 0.15) is 17.0 Å². The van der Waals surface area contributed by atoms with Crippen molar-refractivity contribution >= 4 is 45.3 Å². The van der Waals surface area contributed by atoms with E-state index >= 15 is 0 Å². The normalized spacial score (nSPS) is 13.5. The van der Waals surface area contributed by atoms with Crippen LogP contribution in [0.5, 0.6) is 0 Å². The first kappa shape index (κ1) is 16.7. The molecule has 0 aliphatic carbocycles.